The Balaban J connectivity index is 1.63. The van der Waals surface area contributed by atoms with Gasteiger partial charge in [0.1, 0.15) is 0 Å². The number of allylic oxidation sites excluding steroid dienone is 4. The van der Waals surface area contributed by atoms with Crippen molar-refractivity contribution in [3.63, 3.8) is 0 Å². The number of anilines is 1. The minimum atomic E-state index is -4.87. The topological polar surface area (TPSA) is 119 Å². The van der Waals surface area contributed by atoms with Crippen molar-refractivity contribution in [2.45, 2.75) is 37.2 Å². The lowest BCUT2D eigenvalue weighted by Crippen LogP contribution is -2.61. The predicted molar refractivity (Wildman–Crippen MR) is 157 cm³/mol. The molecule has 0 saturated carbocycles. The first-order valence-electron chi connectivity index (χ1n) is 13.3. The smallest absolute Gasteiger partial charge is 0.378 e. The Labute approximate surface area is 249 Å². The van der Waals surface area contributed by atoms with E-state index in [0.29, 0.717) is 43.6 Å². The van der Waals surface area contributed by atoms with Gasteiger partial charge in [-0.05, 0) is 30.7 Å². The number of hydrogen-bond acceptors (Lipinski definition) is 9. The van der Waals surface area contributed by atoms with Crippen molar-refractivity contribution in [2.24, 2.45) is 0 Å². The molecular weight excluding hydrogens is 618 g/mol. The van der Waals surface area contributed by atoms with Gasteiger partial charge in [0.15, 0.2) is 5.60 Å². The quantitative estimate of drug-likeness (QED) is 0.385. The molecule has 0 radical (unpaired) electrons. The summed E-state index contributed by atoms with van der Waals surface area (Å²) in [7, 11) is -7.38. The standard InChI is InChI=1S/C26H35F3N4O6S3/c1-25(34,26(27,28)29)19-7-9-20(10-8-19)33-12-11-32(42(37,38)24-6-4-3-5-23(24)40)17-22(33)16-31-13-14-39-18-21(31)15-30-41(2,35)36/h3-4,6-10,21-22,30,34H,5,11-18H2,1-2H3/t21-,22+,25-/m1/s1. The van der Waals surface area contributed by atoms with Gasteiger partial charge in [-0.25, -0.2) is 21.6 Å². The fourth-order valence-corrected chi connectivity index (χ4v) is 7.78. The van der Waals surface area contributed by atoms with Gasteiger partial charge in [0, 0.05) is 62.3 Å². The molecule has 4 rings (SSSR count). The molecule has 0 bridgehead atoms. The first-order valence-corrected chi connectivity index (χ1v) is 17.1. The van der Waals surface area contributed by atoms with Crippen LogP contribution < -0.4 is 9.62 Å². The Morgan fingerprint density at radius 2 is 1.79 bits per heavy atom. The molecule has 1 aromatic carbocycles. The maximum absolute atomic E-state index is 13.6. The van der Waals surface area contributed by atoms with Crippen LogP contribution in [0.1, 0.15) is 18.9 Å². The third-order valence-electron chi connectivity index (χ3n) is 7.71. The second-order valence-corrected chi connectivity index (χ2v) is 15.0. The Hall–Kier alpha value is -1.92. The molecule has 16 heteroatoms. The molecule has 42 heavy (non-hydrogen) atoms. The largest absolute Gasteiger partial charge is 0.421 e. The van der Waals surface area contributed by atoms with Crippen LogP contribution in [0.4, 0.5) is 18.9 Å². The molecule has 2 N–H and O–H groups in total. The van der Waals surface area contributed by atoms with Crippen molar-refractivity contribution in [1.29, 1.82) is 0 Å². The number of nitrogens with one attached hydrogen (secondary N) is 1. The van der Waals surface area contributed by atoms with Crippen LogP contribution in [0.25, 0.3) is 0 Å². The van der Waals surface area contributed by atoms with Crippen molar-refractivity contribution in [3.8, 4) is 0 Å². The molecule has 1 aliphatic carbocycles. The van der Waals surface area contributed by atoms with Gasteiger partial charge in [0.2, 0.25) is 20.0 Å². The molecule has 1 aromatic rings. The summed E-state index contributed by atoms with van der Waals surface area (Å²) in [6.45, 7) is 2.69. The molecule has 2 aliphatic heterocycles. The van der Waals surface area contributed by atoms with Crippen LogP contribution >= 0.6 is 12.2 Å². The molecule has 0 unspecified atom stereocenters. The summed E-state index contributed by atoms with van der Waals surface area (Å²) >= 11 is 5.33. The first kappa shape index (κ1) is 33.0. The van der Waals surface area contributed by atoms with E-state index in [4.69, 9.17) is 17.0 Å². The zero-order valence-electron chi connectivity index (χ0n) is 23.2. The van der Waals surface area contributed by atoms with Gasteiger partial charge in [-0.15, -0.1) is 0 Å². The Morgan fingerprint density at radius 1 is 1.10 bits per heavy atom. The number of ether oxygens (including phenoxy) is 1. The van der Waals surface area contributed by atoms with Crippen molar-refractivity contribution in [3.05, 3.63) is 53.0 Å². The molecular formula is C26H35F3N4O6S3. The highest BCUT2D eigenvalue weighted by atomic mass is 32.2. The summed E-state index contributed by atoms with van der Waals surface area (Å²) in [4.78, 5) is 4.37. The van der Waals surface area contributed by atoms with Crippen LogP contribution in [-0.4, -0.2) is 113 Å². The van der Waals surface area contributed by atoms with Gasteiger partial charge in [0.25, 0.3) is 0 Å². The van der Waals surface area contributed by atoms with E-state index in [1.807, 2.05) is 9.80 Å². The van der Waals surface area contributed by atoms with E-state index in [0.717, 1.165) is 6.26 Å². The molecule has 3 atom stereocenters. The van der Waals surface area contributed by atoms with E-state index in [-0.39, 0.29) is 49.3 Å². The molecule has 10 nitrogen and oxygen atoms in total. The number of nitrogens with zero attached hydrogens (tertiary/aromatic N) is 3. The Morgan fingerprint density at radius 3 is 2.40 bits per heavy atom. The monoisotopic (exact) mass is 652 g/mol. The maximum atomic E-state index is 13.6. The van der Waals surface area contributed by atoms with Crippen molar-refractivity contribution in [1.82, 2.24) is 13.9 Å². The van der Waals surface area contributed by atoms with Crippen molar-refractivity contribution < 1.29 is 39.9 Å². The average molecular weight is 653 g/mol. The number of piperazine rings is 1. The third-order valence-corrected chi connectivity index (χ3v) is 10.9. The number of sulfonamides is 2. The lowest BCUT2D eigenvalue weighted by molar-refractivity contribution is -0.258. The number of alkyl halides is 3. The summed E-state index contributed by atoms with van der Waals surface area (Å²) in [5, 5.41) is 10.1. The molecule has 0 amide bonds. The molecule has 2 heterocycles. The normalized spacial score (nSPS) is 24.9. The number of halogens is 3. The van der Waals surface area contributed by atoms with Crippen LogP contribution in [-0.2, 0) is 30.4 Å². The fourth-order valence-electron chi connectivity index (χ4n) is 5.21. The maximum Gasteiger partial charge on any atom is 0.421 e. The zero-order chi connectivity index (χ0) is 30.9. The summed E-state index contributed by atoms with van der Waals surface area (Å²) in [6, 6.07) is 4.64. The second kappa shape index (κ2) is 12.6. The fraction of sp³-hybridized carbons (Fsp3) is 0.577. The first-order chi connectivity index (χ1) is 19.5. The Kier molecular flexibility index (Phi) is 9.89. The third kappa shape index (κ3) is 7.41. The van der Waals surface area contributed by atoms with Crippen molar-refractivity contribution in [2.75, 3.05) is 63.6 Å². The summed E-state index contributed by atoms with van der Waals surface area (Å²) in [5.74, 6) is 0. The molecule has 3 aliphatic rings. The Bertz CT molecular complexity index is 1430. The minimum absolute atomic E-state index is 0.0671. The molecule has 234 valence electrons. The number of morpholine rings is 1. The van der Waals surface area contributed by atoms with E-state index in [1.165, 1.54) is 34.6 Å². The van der Waals surface area contributed by atoms with Gasteiger partial charge in [-0.1, -0.05) is 36.5 Å². The van der Waals surface area contributed by atoms with Crippen LogP contribution in [0.15, 0.2) is 47.4 Å². The van der Waals surface area contributed by atoms with Gasteiger partial charge < -0.3 is 14.7 Å². The summed E-state index contributed by atoms with van der Waals surface area (Å²) in [5.41, 5.74) is -2.79. The SMILES string of the molecule is C[C@@](O)(c1ccc(N2CCN(S(=O)(=O)C3=CC=CCC3=S)C[C@@H]2CN2CCOC[C@H]2CNS(C)(=O)=O)cc1)C(F)(F)F. The second-order valence-electron chi connectivity index (χ2n) is 10.8. The van der Waals surface area contributed by atoms with E-state index in [9.17, 15) is 35.1 Å². The zero-order valence-corrected chi connectivity index (χ0v) is 25.7. The van der Waals surface area contributed by atoms with E-state index >= 15 is 0 Å². The minimum Gasteiger partial charge on any atom is -0.378 e. The number of benzene rings is 1. The lowest BCUT2D eigenvalue weighted by Gasteiger charge is -2.46. The molecule has 2 saturated heterocycles. The summed E-state index contributed by atoms with van der Waals surface area (Å²) < 4.78 is 100. The van der Waals surface area contributed by atoms with Crippen LogP contribution in [0.2, 0.25) is 0 Å². The molecule has 2 fully saturated rings. The van der Waals surface area contributed by atoms with E-state index in [2.05, 4.69) is 4.72 Å². The van der Waals surface area contributed by atoms with E-state index in [1.54, 1.807) is 12.2 Å². The van der Waals surface area contributed by atoms with Gasteiger partial charge >= 0.3 is 6.18 Å². The van der Waals surface area contributed by atoms with Crippen LogP contribution in [0.3, 0.4) is 0 Å². The van der Waals surface area contributed by atoms with E-state index < -0.39 is 37.9 Å². The molecule has 0 spiro atoms. The van der Waals surface area contributed by atoms with Gasteiger partial charge in [0.05, 0.1) is 30.4 Å². The van der Waals surface area contributed by atoms with Crippen LogP contribution in [0, 0.1) is 0 Å². The highest BCUT2D eigenvalue weighted by Gasteiger charge is 2.51. The van der Waals surface area contributed by atoms with Gasteiger partial charge in [-0.3, -0.25) is 4.90 Å². The number of rotatable bonds is 9. The average Bonchev–Trinajstić information content (AvgIpc) is 2.92. The summed E-state index contributed by atoms with van der Waals surface area (Å²) in [6.07, 6.45) is 1.47. The highest BCUT2D eigenvalue weighted by Crippen LogP contribution is 2.39. The number of thiocarbonyl (C=S) groups is 1. The number of aliphatic hydroxyl groups is 1. The predicted octanol–water partition coefficient (Wildman–Crippen LogP) is 1.74. The van der Waals surface area contributed by atoms with Crippen LogP contribution in [0.5, 0.6) is 0 Å². The lowest BCUT2D eigenvalue weighted by atomic mass is 9.95. The highest BCUT2D eigenvalue weighted by molar-refractivity contribution is 7.96. The number of hydrogen-bond donors (Lipinski definition) is 2. The van der Waals surface area contributed by atoms with Crippen molar-refractivity contribution >= 4 is 42.8 Å². The van der Waals surface area contributed by atoms with Gasteiger partial charge in [-0.2, -0.15) is 17.5 Å². The molecule has 0 aromatic heterocycles.